The number of amides is 1. The lowest BCUT2D eigenvalue weighted by atomic mass is 10.1. The molecule has 1 amide bonds. The number of ether oxygens (including phenoxy) is 1. The van der Waals surface area contributed by atoms with Gasteiger partial charge in [0.2, 0.25) is 0 Å². The third-order valence-electron chi connectivity index (χ3n) is 4.58. The Morgan fingerprint density at radius 1 is 1.33 bits per heavy atom. The fourth-order valence-electron chi connectivity index (χ4n) is 3.22. The summed E-state index contributed by atoms with van der Waals surface area (Å²) in [5, 5.41) is 12.1. The van der Waals surface area contributed by atoms with Crippen LogP contribution in [0.5, 0.6) is 0 Å². The number of nitrogens with one attached hydrogen (secondary N) is 1. The van der Waals surface area contributed by atoms with E-state index in [0.29, 0.717) is 5.56 Å². The zero-order chi connectivity index (χ0) is 21.3. The quantitative estimate of drug-likeness (QED) is 0.471. The van der Waals surface area contributed by atoms with Crippen LogP contribution >= 0.6 is 7.15 Å². The minimum atomic E-state index is -2.62. The zero-order valence-electron chi connectivity index (χ0n) is 15.3. The normalized spacial score (nSPS) is 24.8. The summed E-state index contributed by atoms with van der Waals surface area (Å²) >= 11 is 4.63. The van der Waals surface area contributed by atoms with Gasteiger partial charge in [-0.3, -0.25) is 9.36 Å². The Morgan fingerprint density at radius 2 is 2.10 bits per heavy atom. The van der Waals surface area contributed by atoms with Crippen LogP contribution in [-0.2, 0) is 21.1 Å². The lowest BCUT2D eigenvalue weighted by Gasteiger charge is -2.17. The van der Waals surface area contributed by atoms with E-state index >= 15 is 4.39 Å². The highest BCUT2D eigenvalue weighted by Crippen LogP contribution is 2.39. The number of carbonyl (C=O) groups is 1. The molecule has 30 heavy (non-hydrogen) atoms. The van der Waals surface area contributed by atoms with Gasteiger partial charge >= 0.3 is 0 Å². The van der Waals surface area contributed by atoms with Gasteiger partial charge in [-0.15, -0.1) is 0 Å². The Balaban J connectivity index is 1.63. The van der Waals surface area contributed by atoms with E-state index in [1.165, 1.54) is 17.2 Å². The van der Waals surface area contributed by atoms with Gasteiger partial charge in [0.15, 0.2) is 36.5 Å². The monoisotopic (exact) mass is 453 g/mol. The van der Waals surface area contributed by atoms with Gasteiger partial charge in [-0.05, 0) is 23.9 Å². The van der Waals surface area contributed by atoms with E-state index < -0.39 is 38.4 Å². The zero-order valence-corrected chi connectivity index (χ0v) is 17.1. The lowest BCUT2D eigenvalue weighted by molar-refractivity contribution is -0.0430. The molecule has 1 unspecified atom stereocenters. The van der Waals surface area contributed by atoms with Crippen molar-refractivity contribution in [1.82, 2.24) is 19.5 Å². The SMILES string of the molecule is O=C(Nc1ncnc2c1ncn2[C@@H]1O[C@H](CO)[C@@H](O[PH](O)=S)[C@H]1F)c1ccccc1. The standard InChI is InChI=1S/C17H17FN5O5PS/c18-11-13(28-29(26)30)10(6-24)27-17(11)23-8-21-12-14(19-7-20-15(12)23)22-16(25)9-4-2-1-3-5-9/h1-5,7-8,10-11,13,17,24,29H,6H2,(H,26,30)(H,19,20,22,25)/t10-,11-,13-,17-/m1/s1. The first-order chi connectivity index (χ1) is 14.5. The van der Waals surface area contributed by atoms with Gasteiger partial charge in [-0.1, -0.05) is 18.2 Å². The fourth-order valence-corrected chi connectivity index (χ4v) is 4.07. The molecule has 3 aromatic rings. The van der Waals surface area contributed by atoms with E-state index in [-0.39, 0.29) is 22.9 Å². The average molecular weight is 453 g/mol. The molecule has 0 aliphatic carbocycles. The van der Waals surface area contributed by atoms with Crippen LogP contribution in [0.25, 0.3) is 11.2 Å². The predicted octanol–water partition coefficient (Wildman–Crippen LogP) is 1.19. The molecule has 1 aromatic carbocycles. The van der Waals surface area contributed by atoms with Gasteiger partial charge < -0.3 is 24.6 Å². The number of aliphatic hydroxyl groups excluding tert-OH is 1. The van der Waals surface area contributed by atoms with Crippen LogP contribution in [0.4, 0.5) is 10.2 Å². The fraction of sp³-hybridized carbons (Fsp3) is 0.294. The average Bonchev–Trinajstić information content (AvgIpc) is 3.30. The molecule has 2 aromatic heterocycles. The largest absolute Gasteiger partial charge is 0.394 e. The molecule has 3 N–H and O–H groups in total. The maximum atomic E-state index is 15.0. The molecular weight excluding hydrogens is 436 g/mol. The van der Waals surface area contributed by atoms with E-state index in [1.807, 2.05) is 0 Å². The smallest absolute Gasteiger partial charge is 0.256 e. The predicted molar refractivity (Wildman–Crippen MR) is 108 cm³/mol. The summed E-state index contributed by atoms with van der Waals surface area (Å²) < 4.78 is 27.0. The molecule has 1 aliphatic rings. The van der Waals surface area contributed by atoms with Crippen molar-refractivity contribution in [3.05, 3.63) is 48.5 Å². The van der Waals surface area contributed by atoms with Crippen molar-refractivity contribution < 1.29 is 28.4 Å². The van der Waals surface area contributed by atoms with Crippen LogP contribution in [-0.4, -0.2) is 60.4 Å². The Kier molecular flexibility index (Phi) is 6.14. The number of halogens is 1. The second kappa shape index (κ2) is 8.80. The summed E-state index contributed by atoms with van der Waals surface area (Å²) in [6, 6.07) is 8.56. The van der Waals surface area contributed by atoms with Crippen molar-refractivity contribution in [3.63, 3.8) is 0 Å². The maximum absolute atomic E-state index is 15.0. The topological polar surface area (TPSA) is 132 Å². The number of aromatic nitrogens is 4. The molecule has 0 bridgehead atoms. The molecule has 13 heteroatoms. The number of nitrogens with zero attached hydrogens (tertiary/aromatic N) is 4. The van der Waals surface area contributed by atoms with Crippen LogP contribution in [0.15, 0.2) is 43.0 Å². The van der Waals surface area contributed by atoms with Crippen LogP contribution in [0.1, 0.15) is 16.6 Å². The number of benzene rings is 1. The van der Waals surface area contributed by atoms with Crippen molar-refractivity contribution in [2.75, 3.05) is 11.9 Å². The number of imidazole rings is 1. The van der Waals surface area contributed by atoms with E-state index in [9.17, 15) is 14.8 Å². The highest BCUT2D eigenvalue weighted by molar-refractivity contribution is 8.00. The molecule has 0 spiro atoms. The van der Waals surface area contributed by atoms with Gasteiger partial charge in [0.05, 0.1) is 12.9 Å². The molecule has 158 valence electrons. The molecular formula is C17H17FN5O5PS. The molecule has 0 radical (unpaired) electrons. The molecule has 1 fully saturated rings. The number of rotatable bonds is 6. The summed E-state index contributed by atoms with van der Waals surface area (Å²) in [7, 11) is -2.62. The Hall–Kier alpha value is -2.34. The van der Waals surface area contributed by atoms with E-state index in [2.05, 4.69) is 32.1 Å². The Bertz CT molecular complexity index is 1090. The molecule has 1 saturated heterocycles. The number of anilines is 1. The van der Waals surface area contributed by atoms with E-state index in [1.54, 1.807) is 30.3 Å². The van der Waals surface area contributed by atoms with Crippen LogP contribution < -0.4 is 5.32 Å². The van der Waals surface area contributed by atoms with Gasteiger partial charge in [0.25, 0.3) is 5.91 Å². The molecule has 5 atom stereocenters. The summed E-state index contributed by atoms with van der Waals surface area (Å²) in [6.45, 7) is -0.522. The maximum Gasteiger partial charge on any atom is 0.256 e. The first-order valence-corrected chi connectivity index (χ1v) is 11.3. The number of hydrogen-bond acceptors (Lipinski definition) is 8. The summed E-state index contributed by atoms with van der Waals surface area (Å²) in [6.07, 6.45) is -2.71. The summed E-state index contributed by atoms with van der Waals surface area (Å²) in [5.41, 5.74) is 0.881. The summed E-state index contributed by atoms with van der Waals surface area (Å²) in [5.74, 6) is -0.235. The number of hydrogen-bond donors (Lipinski definition) is 3. The number of aliphatic hydroxyl groups is 1. The van der Waals surface area contributed by atoms with Gasteiger partial charge in [-0.25, -0.2) is 19.3 Å². The highest BCUT2D eigenvalue weighted by atomic mass is 32.4. The third kappa shape index (κ3) is 3.97. The second-order valence-electron chi connectivity index (χ2n) is 6.41. The van der Waals surface area contributed by atoms with E-state index in [0.717, 1.165) is 0 Å². The van der Waals surface area contributed by atoms with Crippen molar-refractivity contribution in [1.29, 1.82) is 0 Å². The molecule has 0 saturated carbocycles. The Morgan fingerprint density at radius 3 is 2.80 bits per heavy atom. The first-order valence-electron chi connectivity index (χ1n) is 8.83. The third-order valence-corrected chi connectivity index (χ3v) is 5.35. The number of alkyl halides is 1. The van der Waals surface area contributed by atoms with Gasteiger partial charge in [-0.2, -0.15) is 0 Å². The first kappa shape index (κ1) is 20.9. The van der Waals surface area contributed by atoms with Crippen LogP contribution in [0, 0.1) is 0 Å². The lowest BCUT2D eigenvalue weighted by Crippen LogP contribution is -2.32. The minimum Gasteiger partial charge on any atom is -0.394 e. The Labute approximate surface area is 175 Å². The van der Waals surface area contributed by atoms with Gasteiger partial charge in [0, 0.05) is 5.56 Å². The highest BCUT2D eigenvalue weighted by Gasteiger charge is 2.47. The second-order valence-corrected chi connectivity index (χ2v) is 8.22. The van der Waals surface area contributed by atoms with Crippen molar-refractivity contribution in [2.45, 2.75) is 24.6 Å². The number of fused-ring (bicyclic) bond motifs is 1. The minimum absolute atomic E-state index is 0.152. The molecule has 10 nitrogen and oxygen atoms in total. The van der Waals surface area contributed by atoms with Crippen molar-refractivity contribution in [3.8, 4) is 0 Å². The van der Waals surface area contributed by atoms with Gasteiger partial charge in [0.1, 0.15) is 18.5 Å². The van der Waals surface area contributed by atoms with Crippen LogP contribution in [0.3, 0.4) is 0 Å². The number of carbonyl (C=O) groups excluding carboxylic acids is 1. The molecule has 1 aliphatic heterocycles. The summed E-state index contributed by atoms with van der Waals surface area (Å²) in [4.78, 5) is 34.2. The van der Waals surface area contributed by atoms with E-state index in [4.69, 9.17) is 9.26 Å². The van der Waals surface area contributed by atoms with Crippen molar-refractivity contribution in [2.24, 2.45) is 0 Å². The molecule has 3 heterocycles. The van der Waals surface area contributed by atoms with Crippen molar-refractivity contribution >= 4 is 41.8 Å². The molecule has 4 rings (SSSR count). The van der Waals surface area contributed by atoms with Crippen LogP contribution in [0.2, 0.25) is 0 Å².